The molecule has 1 fully saturated rings. The van der Waals surface area contributed by atoms with Crippen molar-refractivity contribution in [2.75, 3.05) is 23.4 Å². The molecule has 0 aliphatic heterocycles. The number of hydrogen-bond donors (Lipinski definition) is 3. The van der Waals surface area contributed by atoms with Gasteiger partial charge in [-0.05, 0) is 25.5 Å². The number of thioether (sulfide) groups is 1. The first-order valence-electron chi connectivity index (χ1n) is 7.56. The minimum absolute atomic E-state index is 0.479. The number of aromatic nitrogens is 4. The van der Waals surface area contributed by atoms with Crippen molar-refractivity contribution < 1.29 is 0 Å². The lowest BCUT2D eigenvalue weighted by Crippen LogP contribution is -2.26. The van der Waals surface area contributed by atoms with Gasteiger partial charge < -0.3 is 10.6 Å². The molecule has 114 valence electrons. The largest absolute Gasteiger partial charge is 0.365 e. The maximum Gasteiger partial charge on any atom is 0.226 e. The van der Waals surface area contributed by atoms with Gasteiger partial charge in [-0.25, -0.2) is 0 Å². The lowest BCUT2D eigenvalue weighted by atomic mass is 10.2. The molecule has 0 saturated heterocycles. The molecule has 2 atom stereocenters. The van der Waals surface area contributed by atoms with Crippen molar-refractivity contribution >= 4 is 34.6 Å². The molecule has 7 heteroatoms. The molecule has 0 spiro atoms. The van der Waals surface area contributed by atoms with Crippen LogP contribution in [0.25, 0.3) is 11.0 Å². The van der Waals surface area contributed by atoms with Crippen LogP contribution in [0, 0.1) is 0 Å². The number of H-pyrrole nitrogens is 1. The average molecular weight is 306 g/mol. The van der Waals surface area contributed by atoms with Crippen molar-refractivity contribution in [3.05, 3.63) is 6.20 Å². The first-order chi connectivity index (χ1) is 10.3. The summed E-state index contributed by atoms with van der Waals surface area (Å²) in [6, 6.07) is 0.479. The highest BCUT2D eigenvalue weighted by molar-refractivity contribution is 7.99. The van der Waals surface area contributed by atoms with Crippen LogP contribution in [0.2, 0.25) is 0 Å². The van der Waals surface area contributed by atoms with Crippen LogP contribution in [0.4, 0.5) is 11.8 Å². The molecule has 0 bridgehead atoms. The molecule has 2 aromatic rings. The van der Waals surface area contributed by atoms with Gasteiger partial charge in [-0.1, -0.05) is 13.3 Å². The SMILES string of the molecule is CCCNc1nc(NC2CCCC2SC)c2cn[nH]c2n1. The minimum Gasteiger partial charge on any atom is -0.365 e. The Kier molecular flexibility index (Phi) is 4.48. The van der Waals surface area contributed by atoms with Gasteiger partial charge in [-0.3, -0.25) is 5.10 Å². The van der Waals surface area contributed by atoms with E-state index in [1.807, 2.05) is 11.8 Å². The Morgan fingerprint density at radius 1 is 1.38 bits per heavy atom. The first kappa shape index (κ1) is 14.4. The van der Waals surface area contributed by atoms with E-state index in [1.54, 1.807) is 6.20 Å². The summed E-state index contributed by atoms with van der Waals surface area (Å²) in [5.41, 5.74) is 0.782. The maximum absolute atomic E-state index is 4.64. The molecule has 3 N–H and O–H groups in total. The Morgan fingerprint density at radius 2 is 2.29 bits per heavy atom. The van der Waals surface area contributed by atoms with Gasteiger partial charge in [-0.2, -0.15) is 26.8 Å². The highest BCUT2D eigenvalue weighted by atomic mass is 32.2. The van der Waals surface area contributed by atoms with Gasteiger partial charge in [0.25, 0.3) is 0 Å². The van der Waals surface area contributed by atoms with E-state index >= 15 is 0 Å². The van der Waals surface area contributed by atoms with Crippen LogP contribution in [0.5, 0.6) is 0 Å². The molecule has 0 amide bonds. The molecule has 1 aliphatic carbocycles. The van der Waals surface area contributed by atoms with E-state index in [-0.39, 0.29) is 0 Å². The molecular formula is C14H22N6S. The fourth-order valence-corrected chi connectivity index (χ4v) is 3.74. The van der Waals surface area contributed by atoms with Crippen LogP contribution >= 0.6 is 11.8 Å². The topological polar surface area (TPSA) is 78.5 Å². The second-order valence-corrected chi connectivity index (χ2v) is 6.49. The van der Waals surface area contributed by atoms with Crippen molar-refractivity contribution in [1.29, 1.82) is 0 Å². The summed E-state index contributed by atoms with van der Waals surface area (Å²) in [5, 5.41) is 15.5. The number of anilines is 2. The number of aromatic amines is 1. The molecule has 2 unspecified atom stereocenters. The Balaban J connectivity index is 1.87. The number of nitrogens with one attached hydrogen (secondary N) is 3. The van der Waals surface area contributed by atoms with E-state index in [0.717, 1.165) is 29.8 Å². The van der Waals surface area contributed by atoms with Crippen molar-refractivity contribution in [1.82, 2.24) is 20.2 Å². The summed E-state index contributed by atoms with van der Waals surface area (Å²) in [5.74, 6) is 1.55. The van der Waals surface area contributed by atoms with Crippen LogP contribution < -0.4 is 10.6 Å². The number of rotatable bonds is 6. The van der Waals surface area contributed by atoms with Gasteiger partial charge in [0.2, 0.25) is 5.95 Å². The summed E-state index contributed by atoms with van der Waals surface area (Å²) < 4.78 is 0. The second kappa shape index (κ2) is 6.51. The predicted octanol–water partition coefficient (Wildman–Crippen LogP) is 2.87. The zero-order valence-corrected chi connectivity index (χ0v) is 13.3. The third kappa shape index (κ3) is 3.07. The predicted molar refractivity (Wildman–Crippen MR) is 89.0 cm³/mol. The monoisotopic (exact) mass is 306 g/mol. The molecule has 0 aromatic carbocycles. The van der Waals surface area contributed by atoms with Gasteiger partial charge in [0.05, 0.1) is 11.6 Å². The Bertz CT molecular complexity index is 598. The molecule has 21 heavy (non-hydrogen) atoms. The number of nitrogens with zero attached hydrogens (tertiary/aromatic N) is 3. The van der Waals surface area contributed by atoms with Gasteiger partial charge in [0, 0.05) is 17.8 Å². The van der Waals surface area contributed by atoms with Gasteiger partial charge in [0.1, 0.15) is 5.82 Å². The summed E-state index contributed by atoms with van der Waals surface area (Å²) in [6.07, 6.45) is 8.79. The van der Waals surface area contributed by atoms with Crippen molar-refractivity contribution in [3.63, 3.8) is 0 Å². The lowest BCUT2D eigenvalue weighted by molar-refractivity contribution is 0.764. The molecule has 2 aromatic heterocycles. The van der Waals surface area contributed by atoms with E-state index in [1.165, 1.54) is 19.3 Å². The zero-order chi connectivity index (χ0) is 14.7. The summed E-state index contributed by atoms with van der Waals surface area (Å²) in [7, 11) is 0. The fourth-order valence-electron chi connectivity index (χ4n) is 2.81. The van der Waals surface area contributed by atoms with Crippen molar-refractivity contribution in [2.45, 2.75) is 43.9 Å². The maximum atomic E-state index is 4.64. The van der Waals surface area contributed by atoms with Crippen LogP contribution in [0.15, 0.2) is 6.20 Å². The molecule has 0 radical (unpaired) electrons. The molecule has 6 nitrogen and oxygen atoms in total. The second-order valence-electron chi connectivity index (χ2n) is 5.41. The van der Waals surface area contributed by atoms with Gasteiger partial charge in [-0.15, -0.1) is 0 Å². The molecule has 1 saturated carbocycles. The number of hydrogen-bond acceptors (Lipinski definition) is 6. The molecular weight excluding hydrogens is 284 g/mol. The Hall–Kier alpha value is -1.50. The highest BCUT2D eigenvalue weighted by Crippen LogP contribution is 2.32. The standard InChI is InChI=1S/C14H22N6S/c1-3-7-15-14-18-12(9-8-16-20-13(9)19-14)17-10-5-4-6-11(10)21-2/h8,10-11H,3-7H2,1-2H3,(H3,15,16,17,18,19,20). The molecule has 3 rings (SSSR count). The van der Waals surface area contributed by atoms with Crippen LogP contribution in [0.1, 0.15) is 32.6 Å². The smallest absolute Gasteiger partial charge is 0.226 e. The number of fused-ring (bicyclic) bond motifs is 1. The van der Waals surface area contributed by atoms with Gasteiger partial charge in [0.15, 0.2) is 5.65 Å². The summed E-state index contributed by atoms with van der Waals surface area (Å²) in [6.45, 7) is 3.00. The van der Waals surface area contributed by atoms with Crippen molar-refractivity contribution in [3.8, 4) is 0 Å². The quantitative estimate of drug-likeness (QED) is 0.761. The molecule has 1 aliphatic rings. The normalized spacial score (nSPS) is 21.8. The third-order valence-electron chi connectivity index (χ3n) is 3.92. The Labute approximate surface area is 128 Å². The lowest BCUT2D eigenvalue weighted by Gasteiger charge is -2.20. The molecule has 2 heterocycles. The Morgan fingerprint density at radius 3 is 3.10 bits per heavy atom. The zero-order valence-electron chi connectivity index (χ0n) is 12.5. The minimum atomic E-state index is 0.479. The van der Waals surface area contributed by atoms with Crippen LogP contribution in [0.3, 0.4) is 0 Å². The average Bonchev–Trinajstić information content (AvgIpc) is 3.13. The summed E-state index contributed by atoms with van der Waals surface area (Å²) in [4.78, 5) is 9.10. The van der Waals surface area contributed by atoms with Crippen LogP contribution in [-0.4, -0.2) is 44.3 Å². The van der Waals surface area contributed by atoms with E-state index < -0.39 is 0 Å². The highest BCUT2D eigenvalue weighted by Gasteiger charge is 2.27. The summed E-state index contributed by atoms with van der Waals surface area (Å²) >= 11 is 1.94. The van der Waals surface area contributed by atoms with Crippen molar-refractivity contribution in [2.24, 2.45) is 0 Å². The van der Waals surface area contributed by atoms with E-state index in [2.05, 4.69) is 44.0 Å². The third-order valence-corrected chi connectivity index (χ3v) is 5.09. The van der Waals surface area contributed by atoms with E-state index in [9.17, 15) is 0 Å². The van der Waals surface area contributed by atoms with Crippen LogP contribution in [-0.2, 0) is 0 Å². The van der Waals surface area contributed by atoms with E-state index in [0.29, 0.717) is 17.2 Å². The van der Waals surface area contributed by atoms with Gasteiger partial charge >= 0.3 is 0 Å². The fraction of sp³-hybridized carbons (Fsp3) is 0.643. The van der Waals surface area contributed by atoms with E-state index in [4.69, 9.17) is 0 Å². The first-order valence-corrected chi connectivity index (χ1v) is 8.85.